The Labute approximate surface area is 137 Å². The van der Waals surface area contributed by atoms with Crippen LogP contribution in [0.3, 0.4) is 0 Å². The first-order valence-corrected chi connectivity index (χ1v) is 8.45. The topological polar surface area (TPSA) is 59.3 Å². The molecule has 0 atom stereocenters. The molecule has 1 amide bonds. The van der Waals surface area contributed by atoms with Crippen LogP contribution >= 0.6 is 15.9 Å². The number of para-hydroxylation sites is 1. The highest BCUT2D eigenvalue weighted by Crippen LogP contribution is 2.24. The van der Waals surface area contributed by atoms with Gasteiger partial charge in [0.15, 0.2) is 16.8 Å². The van der Waals surface area contributed by atoms with Crippen LogP contribution in [-0.2, 0) is 0 Å². The van der Waals surface area contributed by atoms with Gasteiger partial charge in [-0.3, -0.25) is 9.59 Å². The number of fused-ring (bicyclic) bond motifs is 1. The van der Waals surface area contributed by atoms with E-state index in [9.17, 15) is 9.59 Å². The van der Waals surface area contributed by atoms with Gasteiger partial charge < -0.3 is 9.73 Å². The second-order valence-electron chi connectivity index (χ2n) is 5.81. The van der Waals surface area contributed by atoms with E-state index in [0.29, 0.717) is 27.9 Å². The van der Waals surface area contributed by atoms with Crippen molar-refractivity contribution in [2.24, 2.45) is 5.92 Å². The van der Waals surface area contributed by atoms with Crippen LogP contribution in [0.2, 0.25) is 0 Å². The highest BCUT2D eigenvalue weighted by Gasteiger charge is 2.17. The number of amides is 1. The molecule has 0 saturated heterocycles. The molecule has 5 heteroatoms. The van der Waals surface area contributed by atoms with Crippen molar-refractivity contribution < 1.29 is 9.21 Å². The summed E-state index contributed by atoms with van der Waals surface area (Å²) in [5.74, 6) is 0.289. The van der Waals surface area contributed by atoms with Crippen LogP contribution in [0, 0.1) is 5.92 Å². The summed E-state index contributed by atoms with van der Waals surface area (Å²) in [6.07, 6.45) is 6.08. The van der Waals surface area contributed by atoms with E-state index in [1.165, 1.54) is 25.3 Å². The van der Waals surface area contributed by atoms with E-state index < -0.39 is 0 Å². The van der Waals surface area contributed by atoms with Gasteiger partial charge in [-0.25, -0.2) is 0 Å². The molecule has 1 heterocycles. The lowest BCUT2D eigenvalue weighted by Crippen LogP contribution is -2.30. The third-order valence-corrected chi connectivity index (χ3v) is 4.83. The monoisotopic (exact) mass is 363 g/mol. The average Bonchev–Trinajstić information content (AvgIpc) is 2.54. The Balaban J connectivity index is 1.79. The molecule has 116 valence electrons. The number of nitrogens with one attached hydrogen (secondary N) is 1. The predicted molar refractivity (Wildman–Crippen MR) is 89.1 cm³/mol. The molecular formula is C17H18BrNO3. The quantitative estimate of drug-likeness (QED) is 0.900. The van der Waals surface area contributed by atoms with E-state index in [2.05, 4.69) is 21.2 Å². The summed E-state index contributed by atoms with van der Waals surface area (Å²) >= 11 is 3.35. The minimum absolute atomic E-state index is 0.0696. The van der Waals surface area contributed by atoms with Gasteiger partial charge in [0, 0.05) is 12.6 Å². The Morgan fingerprint density at radius 1 is 1.27 bits per heavy atom. The van der Waals surface area contributed by atoms with E-state index in [4.69, 9.17) is 4.42 Å². The Morgan fingerprint density at radius 3 is 2.82 bits per heavy atom. The maximum Gasteiger partial charge on any atom is 0.287 e. The zero-order valence-corrected chi connectivity index (χ0v) is 13.8. The molecule has 3 rings (SSSR count). The molecule has 2 aromatic rings. The first-order valence-electron chi connectivity index (χ1n) is 7.66. The Kier molecular flexibility index (Phi) is 4.62. The zero-order valence-electron chi connectivity index (χ0n) is 12.2. The molecule has 0 aliphatic heterocycles. The fourth-order valence-electron chi connectivity index (χ4n) is 2.97. The zero-order chi connectivity index (χ0) is 15.5. The van der Waals surface area contributed by atoms with Gasteiger partial charge >= 0.3 is 0 Å². The number of benzene rings is 1. The number of rotatable bonds is 3. The Hall–Kier alpha value is -1.62. The van der Waals surface area contributed by atoms with Gasteiger partial charge in [-0.1, -0.05) is 25.3 Å². The van der Waals surface area contributed by atoms with Crippen molar-refractivity contribution >= 4 is 32.8 Å². The second kappa shape index (κ2) is 6.65. The molecule has 1 aliphatic carbocycles. The molecule has 4 nitrogen and oxygen atoms in total. The molecule has 1 aromatic heterocycles. The summed E-state index contributed by atoms with van der Waals surface area (Å²) in [4.78, 5) is 24.3. The van der Waals surface area contributed by atoms with Crippen LogP contribution in [0.4, 0.5) is 0 Å². The average molecular weight is 364 g/mol. The van der Waals surface area contributed by atoms with Crippen LogP contribution in [0.15, 0.2) is 37.9 Å². The smallest absolute Gasteiger partial charge is 0.287 e. The fourth-order valence-corrected chi connectivity index (χ4v) is 3.42. The maximum atomic E-state index is 12.2. The van der Waals surface area contributed by atoms with Crippen LogP contribution in [0.25, 0.3) is 11.0 Å². The summed E-state index contributed by atoms with van der Waals surface area (Å²) in [5, 5.41) is 3.36. The number of carbonyl (C=O) groups is 1. The van der Waals surface area contributed by atoms with E-state index >= 15 is 0 Å². The van der Waals surface area contributed by atoms with Gasteiger partial charge in [-0.15, -0.1) is 0 Å². The lowest BCUT2D eigenvalue weighted by Gasteiger charge is -2.21. The van der Waals surface area contributed by atoms with Gasteiger partial charge in [-0.05, 0) is 46.8 Å². The van der Waals surface area contributed by atoms with Crippen molar-refractivity contribution in [3.05, 3.63) is 44.7 Å². The molecular weight excluding hydrogens is 346 g/mol. The number of hydrogen-bond acceptors (Lipinski definition) is 3. The number of hydrogen-bond donors (Lipinski definition) is 1. The minimum atomic E-state index is -0.319. The molecule has 1 saturated carbocycles. The first kappa shape index (κ1) is 15.3. The molecule has 0 unspecified atom stereocenters. The normalized spacial score (nSPS) is 15.9. The van der Waals surface area contributed by atoms with Crippen LogP contribution < -0.4 is 10.7 Å². The lowest BCUT2D eigenvalue weighted by molar-refractivity contribution is 0.0916. The predicted octanol–water partition coefficient (Wildman–Crippen LogP) is 3.87. The third kappa shape index (κ3) is 3.24. The Morgan fingerprint density at radius 2 is 2.05 bits per heavy atom. The molecule has 1 fully saturated rings. The SMILES string of the molecule is O=C(NCC1CCCCC1)c1cc(=O)c2cccc(Br)c2o1. The van der Waals surface area contributed by atoms with Crippen LogP contribution in [0.1, 0.15) is 42.7 Å². The van der Waals surface area contributed by atoms with Crippen molar-refractivity contribution in [1.82, 2.24) is 5.32 Å². The molecule has 1 aliphatic rings. The van der Waals surface area contributed by atoms with Crippen molar-refractivity contribution in [1.29, 1.82) is 0 Å². The molecule has 22 heavy (non-hydrogen) atoms. The highest BCUT2D eigenvalue weighted by atomic mass is 79.9. The van der Waals surface area contributed by atoms with Gasteiger partial charge in [0.2, 0.25) is 0 Å². The van der Waals surface area contributed by atoms with Crippen LogP contribution in [0.5, 0.6) is 0 Å². The summed E-state index contributed by atoms with van der Waals surface area (Å²) in [7, 11) is 0. The van der Waals surface area contributed by atoms with Gasteiger partial charge in [0.25, 0.3) is 5.91 Å². The largest absolute Gasteiger partial charge is 0.449 e. The van der Waals surface area contributed by atoms with Crippen LogP contribution in [-0.4, -0.2) is 12.5 Å². The summed E-state index contributed by atoms with van der Waals surface area (Å²) < 4.78 is 6.29. The Bertz CT molecular complexity index is 747. The molecule has 1 N–H and O–H groups in total. The van der Waals surface area contributed by atoms with Gasteiger partial charge in [-0.2, -0.15) is 0 Å². The maximum absolute atomic E-state index is 12.2. The molecule has 0 bridgehead atoms. The van der Waals surface area contributed by atoms with E-state index in [0.717, 1.165) is 12.8 Å². The van der Waals surface area contributed by atoms with E-state index in [-0.39, 0.29) is 17.1 Å². The van der Waals surface area contributed by atoms with Gasteiger partial charge in [0.1, 0.15) is 0 Å². The molecule has 1 aromatic carbocycles. The molecule has 0 spiro atoms. The fraction of sp³-hybridized carbons (Fsp3) is 0.412. The lowest BCUT2D eigenvalue weighted by atomic mass is 9.89. The van der Waals surface area contributed by atoms with Crippen molar-refractivity contribution in [3.63, 3.8) is 0 Å². The van der Waals surface area contributed by atoms with E-state index in [1.807, 2.05) is 0 Å². The van der Waals surface area contributed by atoms with Crippen molar-refractivity contribution in [2.75, 3.05) is 6.54 Å². The van der Waals surface area contributed by atoms with Gasteiger partial charge in [0.05, 0.1) is 9.86 Å². The van der Waals surface area contributed by atoms with Crippen molar-refractivity contribution in [3.8, 4) is 0 Å². The summed E-state index contributed by atoms with van der Waals surface area (Å²) in [6.45, 7) is 0.649. The summed E-state index contributed by atoms with van der Waals surface area (Å²) in [6, 6.07) is 6.52. The van der Waals surface area contributed by atoms with Crippen molar-refractivity contribution in [2.45, 2.75) is 32.1 Å². The summed E-state index contributed by atoms with van der Waals surface area (Å²) in [5.41, 5.74) is 0.211. The number of carbonyl (C=O) groups excluding carboxylic acids is 1. The highest BCUT2D eigenvalue weighted by molar-refractivity contribution is 9.10. The minimum Gasteiger partial charge on any atom is -0.449 e. The van der Waals surface area contributed by atoms with E-state index in [1.54, 1.807) is 18.2 Å². The second-order valence-corrected chi connectivity index (χ2v) is 6.66. The molecule has 0 radical (unpaired) electrons. The standard InChI is InChI=1S/C17H18BrNO3/c18-13-8-4-7-12-14(20)9-15(22-16(12)13)17(21)19-10-11-5-2-1-3-6-11/h4,7-9,11H,1-3,5-6,10H2,(H,19,21). The first-order chi connectivity index (χ1) is 10.6. The number of halogens is 1. The third-order valence-electron chi connectivity index (χ3n) is 4.21.